The van der Waals surface area contributed by atoms with Gasteiger partial charge in [-0.1, -0.05) is 24.3 Å². The minimum Gasteiger partial charge on any atom is -0.337 e. The zero-order chi connectivity index (χ0) is 14.5. The Balaban J connectivity index is 2.09. The topological polar surface area (TPSA) is 59.2 Å². The first kappa shape index (κ1) is 14.1. The van der Waals surface area contributed by atoms with E-state index in [0.717, 1.165) is 17.3 Å². The second-order valence-electron chi connectivity index (χ2n) is 4.54. The summed E-state index contributed by atoms with van der Waals surface area (Å²) in [6.45, 7) is 0.892. The van der Waals surface area contributed by atoms with Gasteiger partial charge in [-0.05, 0) is 17.2 Å². The van der Waals surface area contributed by atoms with E-state index >= 15 is 0 Å². The molecular formula is C15H16FN3O. The van der Waals surface area contributed by atoms with Gasteiger partial charge in [-0.15, -0.1) is 0 Å². The third-order valence-corrected chi connectivity index (χ3v) is 3.03. The maximum atomic E-state index is 13.5. The molecule has 20 heavy (non-hydrogen) atoms. The van der Waals surface area contributed by atoms with E-state index in [9.17, 15) is 9.18 Å². The number of nitrogens with two attached hydrogens (primary N) is 1. The van der Waals surface area contributed by atoms with E-state index < -0.39 is 5.82 Å². The minimum absolute atomic E-state index is 0.0288. The van der Waals surface area contributed by atoms with Crippen molar-refractivity contribution in [1.82, 2.24) is 9.88 Å². The number of aromatic nitrogens is 1. The van der Waals surface area contributed by atoms with Crippen LogP contribution in [0.4, 0.5) is 4.39 Å². The maximum absolute atomic E-state index is 13.5. The molecule has 0 aliphatic rings. The standard InChI is InChI=1S/C15H16FN3O/c1-19(10-12-4-2-11(8-17)3-5-12)15(20)13-6-7-18-9-14(13)16/h2-7,9H,8,10,17H2,1H3. The molecule has 4 nitrogen and oxygen atoms in total. The zero-order valence-corrected chi connectivity index (χ0v) is 11.2. The van der Waals surface area contributed by atoms with Gasteiger partial charge < -0.3 is 10.6 Å². The summed E-state index contributed by atoms with van der Waals surface area (Å²) in [5, 5.41) is 0. The number of carbonyl (C=O) groups excluding carboxylic acids is 1. The molecule has 0 unspecified atom stereocenters. The van der Waals surface area contributed by atoms with Gasteiger partial charge in [0.1, 0.15) is 0 Å². The van der Waals surface area contributed by atoms with Gasteiger partial charge in [0.2, 0.25) is 0 Å². The zero-order valence-electron chi connectivity index (χ0n) is 11.2. The number of pyridine rings is 1. The highest BCUT2D eigenvalue weighted by atomic mass is 19.1. The predicted octanol–water partition coefficient (Wildman–Crippen LogP) is 1.95. The minimum atomic E-state index is -0.608. The summed E-state index contributed by atoms with van der Waals surface area (Å²) in [7, 11) is 1.64. The van der Waals surface area contributed by atoms with Crippen molar-refractivity contribution in [1.29, 1.82) is 0 Å². The van der Waals surface area contributed by atoms with Crippen LogP contribution >= 0.6 is 0 Å². The van der Waals surface area contributed by atoms with E-state index in [-0.39, 0.29) is 11.5 Å². The van der Waals surface area contributed by atoms with Crippen molar-refractivity contribution in [2.24, 2.45) is 5.73 Å². The van der Waals surface area contributed by atoms with Crippen LogP contribution in [-0.2, 0) is 13.1 Å². The third-order valence-electron chi connectivity index (χ3n) is 3.03. The predicted molar refractivity (Wildman–Crippen MR) is 74.3 cm³/mol. The number of amides is 1. The van der Waals surface area contributed by atoms with E-state index in [0.29, 0.717) is 13.1 Å². The maximum Gasteiger partial charge on any atom is 0.256 e. The number of halogens is 1. The molecule has 1 aromatic carbocycles. The lowest BCUT2D eigenvalue weighted by atomic mass is 10.1. The molecule has 0 saturated heterocycles. The van der Waals surface area contributed by atoms with Crippen molar-refractivity contribution in [3.05, 3.63) is 65.2 Å². The van der Waals surface area contributed by atoms with Gasteiger partial charge in [0.05, 0.1) is 11.8 Å². The average Bonchev–Trinajstić information content (AvgIpc) is 2.48. The van der Waals surface area contributed by atoms with Gasteiger partial charge >= 0.3 is 0 Å². The molecule has 5 heteroatoms. The molecule has 0 aliphatic heterocycles. The molecule has 0 radical (unpaired) electrons. The van der Waals surface area contributed by atoms with Crippen molar-refractivity contribution < 1.29 is 9.18 Å². The molecule has 0 fully saturated rings. The van der Waals surface area contributed by atoms with E-state index in [1.54, 1.807) is 7.05 Å². The molecule has 0 bridgehead atoms. The van der Waals surface area contributed by atoms with Crippen molar-refractivity contribution in [3.8, 4) is 0 Å². The summed E-state index contributed by atoms with van der Waals surface area (Å²) >= 11 is 0. The van der Waals surface area contributed by atoms with Crippen molar-refractivity contribution in [2.75, 3.05) is 7.05 Å². The smallest absolute Gasteiger partial charge is 0.256 e. The van der Waals surface area contributed by atoms with E-state index in [2.05, 4.69) is 4.98 Å². The number of rotatable bonds is 4. The summed E-state index contributed by atoms with van der Waals surface area (Å²) in [5.41, 5.74) is 7.55. The Labute approximate surface area is 117 Å². The number of benzene rings is 1. The van der Waals surface area contributed by atoms with Gasteiger partial charge in [-0.3, -0.25) is 9.78 Å². The fraction of sp³-hybridized carbons (Fsp3) is 0.200. The van der Waals surface area contributed by atoms with Crippen LogP contribution in [0.3, 0.4) is 0 Å². The molecule has 0 aliphatic carbocycles. The fourth-order valence-corrected chi connectivity index (χ4v) is 1.88. The molecule has 2 aromatic rings. The van der Waals surface area contributed by atoms with Crippen LogP contribution in [-0.4, -0.2) is 22.8 Å². The average molecular weight is 273 g/mol. The second kappa shape index (κ2) is 6.25. The van der Waals surface area contributed by atoms with Crippen LogP contribution in [0.2, 0.25) is 0 Å². The highest BCUT2D eigenvalue weighted by Crippen LogP contribution is 2.11. The molecule has 0 saturated carbocycles. The Morgan fingerprint density at radius 3 is 2.50 bits per heavy atom. The Morgan fingerprint density at radius 1 is 1.25 bits per heavy atom. The normalized spacial score (nSPS) is 10.3. The summed E-state index contributed by atoms with van der Waals surface area (Å²) in [5.74, 6) is -0.976. The van der Waals surface area contributed by atoms with Crippen LogP contribution < -0.4 is 5.73 Å². The third kappa shape index (κ3) is 3.19. The first-order chi connectivity index (χ1) is 9.61. The lowest BCUT2D eigenvalue weighted by molar-refractivity contribution is 0.0780. The van der Waals surface area contributed by atoms with Crippen molar-refractivity contribution >= 4 is 5.91 Å². The van der Waals surface area contributed by atoms with Crippen molar-refractivity contribution in [2.45, 2.75) is 13.1 Å². The Morgan fingerprint density at radius 2 is 1.90 bits per heavy atom. The molecule has 1 aromatic heterocycles. The first-order valence-electron chi connectivity index (χ1n) is 6.24. The number of nitrogens with zero attached hydrogens (tertiary/aromatic N) is 2. The van der Waals surface area contributed by atoms with Gasteiger partial charge in [0.25, 0.3) is 5.91 Å². The van der Waals surface area contributed by atoms with Crippen LogP contribution in [0.25, 0.3) is 0 Å². The van der Waals surface area contributed by atoms with Crippen molar-refractivity contribution in [3.63, 3.8) is 0 Å². The molecule has 2 rings (SSSR count). The second-order valence-corrected chi connectivity index (χ2v) is 4.54. The molecule has 2 N–H and O–H groups in total. The lowest BCUT2D eigenvalue weighted by Crippen LogP contribution is -2.27. The van der Waals surface area contributed by atoms with E-state index in [1.165, 1.54) is 17.2 Å². The Kier molecular flexibility index (Phi) is 4.42. The monoisotopic (exact) mass is 273 g/mol. The lowest BCUT2D eigenvalue weighted by Gasteiger charge is -2.17. The fourth-order valence-electron chi connectivity index (χ4n) is 1.88. The van der Waals surface area contributed by atoms with Gasteiger partial charge in [-0.25, -0.2) is 4.39 Å². The largest absolute Gasteiger partial charge is 0.337 e. The van der Waals surface area contributed by atoms with Crippen LogP contribution in [0.15, 0.2) is 42.7 Å². The summed E-state index contributed by atoms with van der Waals surface area (Å²) in [4.78, 5) is 17.2. The molecule has 1 heterocycles. The SMILES string of the molecule is CN(Cc1ccc(CN)cc1)C(=O)c1ccncc1F. The molecule has 0 atom stereocenters. The number of hydrogen-bond acceptors (Lipinski definition) is 3. The van der Waals surface area contributed by atoms with E-state index in [4.69, 9.17) is 5.73 Å². The van der Waals surface area contributed by atoms with Gasteiger partial charge in [0.15, 0.2) is 5.82 Å². The quantitative estimate of drug-likeness (QED) is 0.926. The van der Waals surface area contributed by atoms with Gasteiger partial charge in [-0.2, -0.15) is 0 Å². The van der Waals surface area contributed by atoms with Crippen LogP contribution in [0, 0.1) is 5.82 Å². The van der Waals surface area contributed by atoms with Crippen LogP contribution in [0.1, 0.15) is 21.5 Å². The molecule has 104 valence electrons. The summed E-state index contributed by atoms with van der Waals surface area (Å²) < 4.78 is 13.5. The van der Waals surface area contributed by atoms with E-state index in [1.807, 2.05) is 24.3 Å². The van der Waals surface area contributed by atoms with Gasteiger partial charge in [0, 0.05) is 26.3 Å². The van der Waals surface area contributed by atoms with Crippen LogP contribution in [0.5, 0.6) is 0 Å². The number of hydrogen-bond donors (Lipinski definition) is 1. The Hall–Kier alpha value is -2.27. The first-order valence-corrected chi connectivity index (χ1v) is 6.24. The molecule has 1 amide bonds. The Bertz CT molecular complexity index is 598. The summed E-state index contributed by atoms with van der Waals surface area (Å²) in [6, 6.07) is 9.04. The molecular weight excluding hydrogens is 257 g/mol. The highest BCUT2D eigenvalue weighted by molar-refractivity contribution is 5.94. The highest BCUT2D eigenvalue weighted by Gasteiger charge is 2.16. The number of carbonyl (C=O) groups is 1. The molecule has 0 spiro atoms. The summed E-state index contributed by atoms with van der Waals surface area (Å²) in [6.07, 6.45) is 2.44.